The molecule has 4 N–H and O–H groups in total. The number of nitro groups is 1. The molecule has 0 unspecified atom stereocenters. The van der Waals surface area contributed by atoms with E-state index in [2.05, 4.69) is 14.7 Å². The maximum Gasteiger partial charge on any atom is 0.295 e. The summed E-state index contributed by atoms with van der Waals surface area (Å²) in [5.74, 6) is -0.954. The van der Waals surface area contributed by atoms with E-state index in [1.165, 1.54) is 19.2 Å². The highest BCUT2D eigenvalue weighted by atomic mass is 32.2. The van der Waals surface area contributed by atoms with Gasteiger partial charge in [0.15, 0.2) is 0 Å². The summed E-state index contributed by atoms with van der Waals surface area (Å²) in [6, 6.07) is 7.12. The summed E-state index contributed by atoms with van der Waals surface area (Å²) in [6.07, 6.45) is 0. The molecule has 15 nitrogen and oxygen atoms in total. The van der Waals surface area contributed by atoms with Gasteiger partial charge >= 0.3 is 0 Å². The van der Waals surface area contributed by atoms with Crippen molar-refractivity contribution in [2.24, 2.45) is 0 Å². The molecule has 0 aliphatic heterocycles. The van der Waals surface area contributed by atoms with Gasteiger partial charge in [-0.25, -0.2) is 5.26 Å². The zero-order valence-corrected chi connectivity index (χ0v) is 20.8. The average Bonchev–Trinajstić information content (AvgIpc) is 2.81. The van der Waals surface area contributed by atoms with E-state index < -0.39 is 57.3 Å². The Morgan fingerprint density at radius 3 is 2.30 bits per heavy atom. The lowest BCUT2D eigenvalue weighted by Gasteiger charge is -2.15. The minimum Gasteiger partial charge on any atom is -0.380 e. The third kappa shape index (κ3) is 6.39. The number of rotatable bonds is 10. The first-order valence-corrected chi connectivity index (χ1v) is 13.2. The number of nitro benzene ring substituents is 1. The van der Waals surface area contributed by atoms with Gasteiger partial charge in [0.25, 0.3) is 31.8 Å². The number of benzene rings is 3. The molecule has 3 aromatic rings. The highest BCUT2D eigenvalue weighted by molar-refractivity contribution is 7.94. The number of methoxy groups -OCH3 is 1. The van der Waals surface area contributed by atoms with E-state index in [-0.39, 0.29) is 40.4 Å². The van der Waals surface area contributed by atoms with Gasteiger partial charge in [-0.3, -0.25) is 24.0 Å². The van der Waals surface area contributed by atoms with Gasteiger partial charge in [-0.1, -0.05) is 5.04 Å². The first-order chi connectivity index (χ1) is 17.3. The zero-order valence-electron chi connectivity index (χ0n) is 18.3. The lowest BCUT2D eigenvalue weighted by atomic mass is 10.1. The molecule has 0 saturated carbocycles. The van der Waals surface area contributed by atoms with Crippen LogP contribution >= 0.6 is 12.0 Å². The van der Waals surface area contributed by atoms with E-state index in [0.717, 1.165) is 30.3 Å². The number of nitrogens with zero attached hydrogens (tertiary/aromatic N) is 1. The van der Waals surface area contributed by atoms with E-state index >= 15 is 0 Å². The van der Waals surface area contributed by atoms with Crippen LogP contribution in [0.2, 0.25) is 0 Å². The summed E-state index contributed by atoms with van der Waals surface area (Å²) < 4.78 is 76.8. The van der Waals surface area contributed by atoms with Crippen LogP contribution in [0.5, 0.6) is 0 Å². The van der Waals surface area contributed by atoms with Crippen molar-refractivity contribution in [3.8, 4) is 0 Å². The predicted molar refractivity (Wildman–Crippen MR) is 126 cm³/mol. The molecule has 0 aliphatic rings. The van der Waals surface area contributed by atoms with Gasteiger partial charge in [0.05, 0.1) is 34.8 Å². The molecule has 0 fully saturated rings. The second-order valence-electron chi connectivity index (χ2n) is 7.12. The lowest BCUT2D eigenvalue weighted by Crippen LogP contribution is -2.14. The van der Waals surface area contributed by atoms with Crippen molar-refractivity contribution in [2.75, 3.05) is 12.4 Å². The van der Waals surface area contributed by atoms with Crippen molar-refractivity contribution in [3.63, 3.8) is 0 Å². The Kier molecular flexibility index (Phi) is 8.47. The van der Waals surface area contributed by atoms with E-state index in [9.17, 15) is 40.8 Å². The largest absolute Gasteiger partial charge is 0.380 e. The molecule has 0 aliphatic carbocycles. The Labute approximate surface area is 212 Å². The normalized spacial score (nSPS) is 12.0. The predicted octanol–water partition coefficient (Wildman–Crippen LogP) is 3.07. The summed E-state index contributed by atoms with van der Waals surface area (Å²) in [7, 11) is -8.73. The van der Waals surface area contributed by atoms with Crippen LogP contribution in [-0.4, -0.2) is 49.1 Å². The molecule has 0 heterocycles. The summed E-state index contributed by atoms with van der Waals surface area (Å²) >= 11 is 0.225. The number of hydrogen-bond donors (Lipinski definition) is 4. The number of fused-ring (bicyclic) bond motifs is 1. The standard InChI is InChI=1S/C19H16N2O13S3/c1-32-9-11-3-2-10(6-15(11)21(23)24)19(22)20-14-4-5-16(36(26,27)28)13-7-12(35-34-33-25)8-17(18(13)14)37(29,30)31/h2-8,25H,9H2,1H3,(H,20,22)(H,26,27,28)(H,29,30,31). The van der Waals surface area contributed by atoms with E-state index in [1.54, 1.807) is 0 Å². The molecule has 198 valence electrons. The second-order valence-corrected chi connectivity index (χ2v) is 10.7. The smallest absolute Gasteiger partial charge is 0.295 e. The summed E-state index contributed by atoms with van der Waals surface area (Å²) in [6.45, 7) is -0.108. The minimum atomic E-state index is -5.10. The molecule has 37 heavy (non-hydrogen) atoms. The van der Waals surface area contributed by atoms with Crippen molar-refractivity contribution in [2.45, 2.75) is 21.3 Å². The van der Waals surface area contributed by atoms with Gasteiger partial charge in [-0.05, 0) is 36.4 Å². The molecule has 18 heteroatoms. The minimum absolute atomic E-state index is 0.108. The number of hydrogen-bond acceptors (Lipinski definition) is 12. The van der Waals surface area contributed by atoms with E-state index in [1.807, 2.05) is 0 Å². The van der Waals surface area contributed by atoms with E-state index in [0.29, 0.717) is 0 Å². The topological polar surface area (TPSA) is 229 Å². The van der Waals surface area contributed by atoms with Crippen molar-refractivity contribution < 1.29 is 55.0 Å². The van der Waals surface area contributed by atoms with Crippen LogP contribution < -0.4 is 5.32 Å². The molecule has 3 aromatic carbocycles. The van der Waals surface area contributed by atoms with Gasteiger partial charge in [0.1, 0.15) is 9.79 Å². The number of anilines is 1. The van der Waals surface area contributed by atoms with Gasteiger partial charge in [0.2, 0.25) is 0 Å². The fourth-order valence-electron chi connectivity index (χ4n) is 3.38. The highest BCUT2D eigenvalue weighted by Gasteiger charge is 2.26. The first-order valence-electron chi connectivity index (χ1n) is 9.56. The lowest BCUT2D eigenvalue weighted by molar-refractivity contribution is -0.432. The molecular formula is C19H16N2O13S3. The highest BCUT2D eigenvalue weighted by Crippen LogP contribution is 2.38. The van der Waals surface area contributed by atoms with Gasteiger partial charge in [-0.2, -0.15) is 16.8 Å². The van der Waals surface area contributed by atoms with E-state index in [4.69, 9.17) is 9.99 Å². The summed E-state index contributed by atoms with van der Waals surface area (Å²) in [4.78, 5) is 21.7. The number of nitrogens with one attached hydrogen (secondary N) is 1. The molecule has 0 aromatic heterocycles. The number of carbonyl (C=O) groups is 1. The maximum atomic E-state index is 12.9. The first kappa shape index (κ1) is 28.4. The van der Waals surface area contributed by atoms with Crippen LogP contribution in [0.3, 0.4) is 0 Å². The molecule has 0 bridgehead atoms. The zero-order chi connectivity index (χ0) is 27.5. The van der Waals surface area contributed by atoms with Crippen molar-refractivity contribution in [1.29, 1.82) is 0 Å². The maximum absolute atomic E-state index is 12.9. The number of amides is 1. The van der Waals surface area contributed by atoms with Crippen LogP contribution in [0.25, 0.3) is 10.8 Å². The Morgan fingerprint density at radius 2 is 1.73 bits per heavy atom. The third-order valence-electron chi connectivity index (χ3n) is 4.82. The van der Waals surface area contributed by atoms with Crippen molar-refractivity contribution in [3.05, 3.63) is 63.7 Å². The Morgan fingerprint density at radius 1 is 1.05 bits per heavy atom. The Balaban J connectivity index is 2.24. The van der Waals surface area contributed by atoms with Crippen LogP contribution in [0.4, 0.5) is 11.4 Å². The van der Waals surface area contributed by atoms with Crippen LogP contribution in [0.1, 0.15) is 15.9 Å². The Hall–Kier alpha value is -3.20. The number of ether oxygens (including phenoxy) is 1. The molecule has 3 rings (SSSR count). The Bertz CT molecular complexity index is 1610. The van der Waals surface area contributed by atoms with Crippen molar-refractivity contribution >= 4 is 60.3 Å². The van der Waals surface area contributed by atoms with Crippen LogP contribution in [0.15, 0.2) is 57.2 Å². The monoisotopic (exact) mass is 576 g/mol. The quantitative estimate of drug-likeness (QED) is 0.0894. The fraction of sp³-hybridized carbons (Fsp3) is 0.105. The van der Waals surface area contributed by atoms with Gasteiger partial charge < -0.3 is 10.1 Å². The number of carbonyl (C=O) groups excluding carboxylic acids is 1. The molecular weight excluding hydrogens is 560 g/mol. The summed E-state index contributed by atoms with van der Waals surface area (Å²) in [5.41, 5.74) is -0.792. The summed E-state index contributed by atoms with van der Waals surface area (Å²) in [5, 5.41) is 24.5. The van der Waals surface area contributed by atoms with Crippen LogP contribution in [0, 0.1) is 10.1 Å². The fourth-order valence-corrected chi connectivity index (χ4v) is 5.32. The van der Waals surface area contributed by atoms with Crippen molar-refractivity contribution in [1.82, 2.24) is 0 Å². The second kappa shape index (κ2) is 11.0. The molecule has 1 amide bonds. The average molecular weight is 577 g/mol. The molecule has 0 spiro atoms. The third-order valence-corrected chi connectivity index (χ3v) is 7.17. The molecule has 0 radical (unpaired) electrons. The van der Waals surface area contributed by atoms with Gasteiger partial charge in [-0.15, -0.1) is 4.33 Å². The molecule has 0 atom stereocenters. The van der Waals surface area contributed by atoms with Crippen LogP contribution in [-0.2, 0) is 41.0 Å². The van der Waals surface area contributed by atoms with Gasteiger partial charge in [0, 0.05) is 34.4 Å². The molecule has 0 saturated heterocycles. The SMILES string of the molecule is COCc1ccc(C(=O)Nc2ccc(S(=O)(=O)O)c3cc(SOOO)cc(S(=O)(=O)O)c23)cc1[N+](=O)[O-].